The van der Waals surface area contributed by atoms with Crippen LogP contribution < -0.4 is 0 Å². The monoisotopic (exact) mass is 434 g/mol. The Morgan fingerprint density at radius 3 is 2.38 bits per heavy atom. The molecule has 4 rings (SSSR count). The molecule has 0 saturated carbocycles. The van der Waals surface area contributed by atoms with Gasteiger partial charge in [-0.05, 0) is 43.2 Å². The highest BCUT2D eigenvalue weighted by molar-refractivity contribution is 5.40. The van der Waals surface area contributed by atoms with E-state index in [0.717, 1.165) is 22.9 Å². The van der Waals surface area contributed by atoms with Crippen LogP contribution >= 0.6 is 0 Å². The van der Waals surface area contributed by atoms with Gasteiger partial charge in [0.2, 0.25) is 5.82 Å². The number of nitriles is 1. The Kier molecular flexibility index (Phi) is 4.95. The highest BCUT2D eigenvalue weighted by Gasteiger charge is 2.31. The van der Waals surface area contributed by atoms with E-state index >= 15 is 0 Å². The second-order valence-electron chi connectivity index (χ2n) is 7.27. The van der Waals surface area contributed by atoms with E-state index in [1.165, 1.54) is 29.2 Å². The molecule has 0 aliphatic carbocycles. The third kappa shape index (κ3) is 3.56. The first kappa shape index (κ1) is 20.8. The van der Waals surface area contributed by atoms with Crippen molar-refractivity contribution in [1.29, 1.82) is 5.26 Å². The SMILES string of the molecule is [C-]#[N+]c1ccn(-c2cc(F)cc(C(C)(C)c3cc(F)c(F)c(-n4ccc(C#N)n4)n3)n2)n1. The van der Waals surface area contributed by atoms with Gasteiger partial charge in [-0.3, -0.25) is 0 Å². The van der Waals surface area contributed by atoms with Crippen molar-refractivity contribution in [2.45, 2.75) is 19.3 Å². The summed E-state index contributed by atoms with van der Waals surface area (Å²) in [6.45, 7) is 10.3. The zero-order valence-electron chi connectivity index (χ0n) is 16.8. The van der Waals surface area contributed by atoms with E-state index in [4.69, 9.17) is 11.8 Å². The zero-order chi connectivity index (χ0) is 23.0. The minimum absolute atomic E-state index is 0.00529. The van der Waals surface area contributed by atoms with Crippen LogP contribution in [0, 0.1) is 35.4 Å². The topological polar surface area (TPSA) is 89.6 Å². The Bertz CT molecular complexity index is 1420. The molecule has 0 fully saturated rings. The van der Waals surface area contributed by atoms with Crippen molar-refractivity contribution in [1.82, 2.24) is 29.5 Å². The van der Waals surface area contributed by atoms with Gasteiger partial charge in [-0.2, -0.15) is 14.8 Å². The molecule has 8 nitrogen and oxygen atoms in total. The van der Waals surface area contributed by atoms with Crippen molar-refractivity contribution in [3.8, 4) is 17.7 Å². The summed E-state index contributed by atoms with van der Waals surface area (Å²) in [5, 5.41) is 16.8. The fourth-order valence-corrected chi connectivity index (χ4v) is 3.01. The molecule has 11 heteroatoms. The van der Waals surface area contributed by atoms with Crippen LogP contribution in [0.5, 0.6) is 0 Å². The second-order valence-corrected chi connectivity index (χ2v) is 7.27. The summed E-state index contributed by atoms with van der Waals surface area (Å²) in [7, 11) is 0. The van der Waals surface area contributed by atoms with Gasteiger partial charge in [0.05, 0.1) is 11.4 Å². The largest absolute Gasteiger partial charge is 0.359 e. The lowest BCUT2D eigenvalue weighted by molar-refractivity contribution is 0.480. The van der Waals surface area contributed by atoms with Gasteiger partial charge in [0, 0.05) is 23.9 Å². The Hall–Kier alpha value is -4.51. The number of pyridine rings is 2. The predicted octanol–water partition coefficient (Wildman–Crippen LogP) is 4.01. The standard InChI is InChI=1S/C21H13F3N8/c1-21(2,15-8-12(22)9-18(27-15)31-7-5-17(26-3)30-31)16-10-14(23)19(24)20(28-16)32-6-4-13(11-25)29-32/h4-10H,1-2H3. The van der Waals surface area contributed by atoms with Crippen molar-refractivity contribution in [3.05, 3.63) is 88.7 Å². The molecule has 0 amide bonds. The van der Waals surface area contributed by atoms with Crippen LogP contribution in [0.15, 0.2) is 42.7 Å². The Morgan fingerprint density at radius 2 is 1.72 bits per heavy atom. The van der Waals surface area contributed by atoms with Gasteiger partial charge < -0.3 is 4.85 Å². The van der Waals surface area contributed by atoms with Gasteiger partial charge >= 0.3 is 0 Å². The van der Waals surface area contributed by atoms with Crippen LogP contribution in [0.3, 0.4) is 0 Å². The zero-order valence-corrected chi connectivity index (χ0v) is 16.8. The van der Waals surface area contributed by atoms with Crippen LogP contribution in [0.4, 0.5) is 19.0 Å². The number of aromatic nitrogens is 6. The average molecular weight is 434 g/mol. The molecule has 0 radical (unpaired) electrons. The third-order valence-electron chi connectivity index (χ3n) is 4.80. The van der Waals surface area contributed by atoms with Gasteiger partial charge in [-0.1, -0.05) is 6.57 Å². The maximum absolute atomic E-state index is 14.5. The number of rotatable bonds is 4. The van der Waals surface area contributed by atoms with Gasteiger partial charge in [0.25, 0.3) is 5.82 Å². The van der Waals surface area contributed by atoms with Crippen molar-refractivity contribution in [2.24, 2.45) is 0 Å². The van der Waals surface area contributed by atoms with E-state index in [0.29, 0.717) is 0 Å². The number of hydrogen-bond acceptors (Lipinski definition) is 5. The van der Waals surface area contributed by atoms with Gasteiger partial charge in [-0.15, -0.1) is 4.68 Å². The molecule has 4 heterocycles. The van der Waals surface area contributed by atoms with E-state index in [9.17, 15) is 13.2 Å². The molecule has 0 unspecified atom stereocenters. The molecular weight excluding hydrogens is 421 g/mol. The van der Waals surface area contributed by atoms with E-state index < -0.39 is 28.7 Å². The average Bonchev–Trinajstić information content (AvgIpc) is 3.44. The van der Waals surface area contributed by atoms with Crippen LogP contribution in [0.1, 0.15) is 30.9 Å². The lowest BCUT2D eigenvalue weighted by atomic mass is 9.84. The first-order valence-electron chi connectivity index (χ1n) is 9.17. The lowest BCUT2D eigenvalue weighted by Crippen LogP contribution is -2.25. The summed E-state index contributed by atoms with van der Waals surface area (Å²) < 4.78 is 45.6. The van der Waals surface area contributed by atoms with Gasteiger partial charge in [0.15, 0.2) is 23.1 Å². The van der Waals surface area contributed by atoms with Crippen molar-refractivity contribution >= 4 is 5.82 Å². The molecule has 32 heavy (non-hydrogen) atoms. The fourth-order valence-electron chi connectivity index (χ4n) is 3.01. The maximum atomic E-state index is 14.5. The highest BCUT2D eigenvalue weighted by atomic mass is 19.2. The normalized spacial score (nSPS) is 11.2. The molecule has 0 aromatic carbocycles. The summed E-state index contributed by atoms with van der Waals surface area (Å²) in [4.78, 5) is 11.8. The predicted molar refractivity (Wildman–Crippen MR) is 106 cm³/mol. The van der Waals surface area contributed by atoms with Crippen molar-refractivity contribution in [3.63, 3.8) is 0 Å². The summed E-state index contributed by atoms with van der Waals surface area (Å²) >= 11 is 0. The lowest BCUT2D eigenvalue weighted by Gasteiger charge is -2.25. The minimum atomic E-state index is -1.24. The summed E-state index contributed by atoms with van der Waals surface area (Å²) in [5.74, 6) is -3.28. The van der Waals surface area contributed by atoms with Crippen LogP contribution in [0.2, 0.25) is 0 Å². The molecular formula is C21H13F3N8. The molecule has 4 aromatic rings. The first-order valence-corrected chi connectivity index (χ1v) is 9.17. The Labute approximate surface area is 180 Å². The summed E-state index contributed by atoms with van der Waals surface area (Å²) in [6, 6.07) is 7.79. The quantitative estimate of drug-likeness (QED) is 0.453. The summed E-state index contributed by atoms with van der Waals surface area (Å²) in [5.41, 5.74) is -0.923. The van der Waals surface area contributed by atoms with E-state index in [-0.39, 0.29) is 28.7 Å². The Morgan fingerprint density at radius 1 is 1.00 bits per heavy atom. The molecule has 0 aliphatic rings. The van der Waals surface area contributed by atoms with E-state index in [2.05, 4.69) is 25.0 Å². The molecule has 0 atom stereocenters. The van der Waals surface area contributed by atoms with E-state index in [1.807, 2.05) is 0 Å². The van der Waals surface area contributed by atoms with Gasteiger partial charge in [0.1, 0.15) is 11.9 Å². The third-order valence-corrected chi connectivity index (χ3v) is 4.80. The van der Waals surface area contributed by atoms with Crippen LogP contribution in [-0.2, 0) is 5.41 Å². The number of nitrogens with zero attached hydrogens (tertiary/aromatic N) is 8. The molecule has 0 N–H and O–H groups in total. The minimum Gasteiger partial charge on any atom is -0.359 e. The van der Waals surface area contributed by atoms with Crippen LogP contribution in [-0.4, -0.2) is 29.5 Å². The number of hydrogen-bond donors (Lipinski definition) is 0. The highest BCUT2D eigenvalue weighted by Crippen LogP contribution is 2.32. The number of halogens is 3. The molecule has 158 valence electrons. The Balaban J connectivity index is 1.83. The molecule has 0 aliphatic heterocycles. The van der Waals surface area contributed by atoms with Crippen molar-refractivity contribution < 1.29 is 13.2 Å². The molecule has 0 spiro atoms. The molecule has 4 aromatic heterocycles. The second kappa shape index (κ2) is 7.63. The van der Waals surface area contributed by atoms with Crippen LogP contribution in [0.25, 0.3) is 16.5 Å². The fraction of sp³-hybridized carbons (Fsp3) is 0.143. The van der Waals surface area contributed by atoms with Crippen molar-refractivity contribution in [2.75, 3.05) is 0 Å². The smallest absolute Gasteiger partial charge is 0.295 e. The van der Waals surface area contributed by atoms with Gasteiger partial charge in [-0.25, -0.2) is 23.4 Å². The molecule has 0 saturated heterocycles. The van der Waals surface area contributed by atoms with E-state index in [1.54, 1.807) is 19.9 Å². The summed E-state index contributed by atoms with van der Waals surface area (Å²) in [6.07, 6.45) is 2.75. The first-order chi connectivity index (χ1) is 15.2. The molecule has 0 bridgehead atoms. The maximum Gasteiger partial charge on any atom is 0.295 e.